The second-order valence-corrected chi connectivity index (χ2v) is 6.91. The van der Waals surface area contributed by atoms with Crippen molar-refractivity contribution in [3.63, 3.8) is 0 Å². The molecule has 130 valence electrons. The lowest BCUT2D eigenvalue weighted by molar-refractivity contribution is 0.0996. The van der Waals surface area contributed by atoms with Gasteiger partial charge in [-0.25, -0.2) is 0 Å². The first-order chi connectivity index (χ1) is 12.2. The molecule has 25 heavy (non-hydrogen) atoms. The number of carbonyl (C=O) groups excluding carboxylic acids is 1. The van der Waals surface area contributed by atoms with Gasteiger partial charge in [-0.1, -0.05) is 17.7 Å². The second kappa shape index (κ2) is 6.43. The van der Waals surface area contributed by atoms with Gasteiger partial charge in [0.15, 0.2) is 11.5 Å². The van der Waals surface area contributed by atoms with Crippen LogP contribution < -0.4 is 14.4 Å². The first-order valence-electron chi connectivity index (χ1n) is 8.92. The molecule has 0 aromatic heterocycles. The van der Waals surface area contributed by atoms with Crippen LogP contribution >= 0.6 is 0 Å². The Kier molecular flexibility index (Phi) is 4.12. The third-order valence-electron chi connectivity index (χ3n) is 5.12. The molecular formula is C21H23NO3. The van der Waals surface area contributed by atoms with E-state index in [1.165, 1.54) is 12.8 Å². The van der Waals surface area contributed by atoms with E-state index in [1.54, 1.807) is 7.11 Å². The summed E-state index contributed by atoms with van der Waals surface area (Å²) in [7, 11) is 1.65. The van der Waals surface area contributed by atoms with Gasteiger partial charge in [0.25, 0.3) is 5.91 Å². The maximum absolute atomic E-state index is 12.8. The fourth-order valence-corrected chi connectivity index (χ4v) is 3.73. The summed E-state index contributed by atoms with van der Waals surface area (Å²) in [4.78, 5) is 14.6. The van der Waals surface area contributed by atoms with Crippen LogP contribution in [0.1, 0.15) is 47.2 Å². The van der Waals surface area contributed by atoms with Gasteiger partial charge in [-0.3, -0.25) is 4.79 Å². The predicted molar refractivity (Wildman–Crippen MR) is 97.6 cm³/mol. The number of rotatable bonds is 4. The summed E-state index contributed by atoms with van der Waals surface area (Å²) in [6.07, 6.45) is 4.85. The highest BCUT2D eigenvalue weighted by Gasteiger charge is 2.29. The molecule has 0 N–H and O–H groups in total. The van der Waals surface area contributed by atoms with E-state index in [1.807, 2.05) is 42.2 Å². The third-order valence-corrected chi connectivity index (χ3v) is 5.12. The molecule has 0 spiro atoms. The van der Waals surface area contributed by atoms with Crippen LogP contribution in [-0.4, -0.2) is 19.1 Å². The molecule has 4 rings (SSSR count). The zero-order chi connectivity index (χ0) is 17.4. The van der Waals surface area contributed by atoms with Crippen molar-refractivity contribution in [2.24, 2.45) is 0 Å². The average Bonchev–Trinajstić information content (AvgIpc) is 3.23. The second-order valence-electron chi connectivity index (χ2n) is 6.91. The number of anilines is 1. The van der Waals surface area contributed by atoms with Gasteiger partial charge in [0.2, 0.25) is 0 Å². The molecule has 2 aliphatic rings. The molecule has 0 bridgehead atoms. The number of methoxy groups -OCH3 is 1. The number of hydrogen-bond acceptors (Lipinski definition) is 3. The number of benzene rings is 2. The SMILES string of the molecule is COc1ccc(N2Cc3ccc(C)cc3C2=O)cc1OC1CCCC1. The third kappa shape index (κ3) is 2.97. The number of hydrogen-bond donors (Lipinski definition) is 0. The highest BCUT2D eigenvalue weighted by atomic mass is 16.5. The number of nitrogens with zero attached hydrogens (tertiary/aromatic N) is 1. The van der Waals surface area contributed by atoms with Gasteiger partial charge >= 0.3 is 0 Å². The van der Waals surface area contributed by atoms with Crippen LogP contribution in [0.4, 0.5) is 5.69 Å². The van der Waals surface area contributed by atoms with Crippen LogP contribution in [0.3, 0.4) is 0 Å². The summed E-state index contributed by atoms with van der Waals surface area (Å²) >= 11 is 0. The minimum atomic E-state index is 0.0516. The quantitative estimate of drug-likeness (QED) is 0.825. The monoisotopic (exact) mass is 337 g/mol. The van der Waals surface area contributed by atoms with Crippen molar-refractivity contribution in [2.75, 3.05) is 12.0 Å². The maximum atomic E-state index is 12.8. The molecule has 2 aromatic carbocycles. The first kappa shape index (κ1) is 16.0. The summed E-state index contributed by atoms with van der Waals surface area (Å²) in [5.74, 6) is 1.50. The number of ether oxygens (including phenoxy) is 2. The van der Waals surface area contributed by atoms with Gasteiger partial charge in [-0.15, -0.1) is 0 Å². The molecule has 0 atom stereocenters. The molecule has 1 amide bonds. The summed E-state index contributed by atoms with van der Waals surface area (Å²) in [5, 5.41) is 0. The highest BCUT2D eigenvalue weighted by molar-refractivity contribution is 6.10. The lowest BCUT2D eigenvalue weighted by Crippen LogP contribution is -2.23. The molecule has 1 fully saturated rings. The molecule has 0 radical (unpaired) electrons. The zero-order valence-electron chi connectivity index (χ0n) is 14.7. The predicted octanol–water partition coefficient (Wildman–Crippen LogP) is 4.49. The number of carbonyl (C=O) groups is 1. The smallest absolute Gasteiger partial charge is 0.258 e. The van der Waals surface area contributed by atoms with Gasteiger partial charge in [-0.2, -0.15) is 0 Å². The molecule has 4 nitrogen and oxygen atoms in total. The fourth-order valence-electron chi connectivity index (χ4n) is 3.73. The Labute approximate surface area is 148 Å². The Balaban J connectivity index is 1.63. The van der Waals surface area contributed by atoms with Gasteiger partial charge in [0.05, 0.1) is 19.8 Å². The van der Waals surface area contributed by atoms with Crippen molar-refractivity contribution in [1.82, 2.24) is 0 Å². The van der Waals surface area contributed by atoms with E-state index in [2.05, 4.69) is 6.07 Å². The standard InChI is InChI=1S/C21H23NO3/c1-14-7-8-15-13-22(21(23)18(15)11-14)16-9-10-19(24-2)20(12-16)25-17-5-3-4-6-17/h7-12,17H,3-6,13H2,1-2H3. The Morgan fingerprint density at radius 2 is 1.84 bits per heavy atom. The fraction of sp³-hybridized carbons (Fsp3) is 0.381. The minimum Gasteiger partial charge on any atom is -0.493 e. The molecule has 1 aliphatic heterocycles. The van der Waals surface area contributed by atoms with E-state index in [0.29, 0.717) is 6.54 Å². The van der Waals surface area contributed by atoms with E-state index in [0.717, 1.165) is 46.7 Å². The molecule has 1 aliphatic carbocycles. The van der Waals surface area contributed by atoms with Crippen molar-refractivity contribution in [1.29, 1.82) is 0 Å². The average molecular weight is 337 g/mol. The summed E-state index contributed by atoms with van der Waals surface area (Å²) in [6, 6.07) is 11.8. The molecule has 4 heteroatoms. The highest BCUT2D eigenvalue weighted by Crippen LogP contribution is 2.37. The van der Waals surface area contributed by atoms with Crippen LogP contribution in [0, 0.1) is 6.92 Å². The number of fused-ring (bicyclic) bond motifs is 1. The van der Waals surface area contributed by atoms with Gasteiger partial charge in [0.1, 0.15) is 0 Å². The van der Waals surface area contributed by atoms with Gasteiger partial charge < -0.3 is 14.4 Å². The van der Waals surface area contributed by atoms with Gasteiger partial charge in [0, 0.05) is 17.3 Å². The van der Waals surface area contributed by atoms with Crippen molar-refractivity contribution in [3.8, 4) is 11.5 Å². The maximum Gasteiger partial charge on any atom is 0.258 e. The minimum absolute atomic E-state index is 0.0516. The van der Waals surface area contributed by atoms with E-state index in [9.17, 15) is 4.79 Å². The molecule has 0 saturated heterocycles. The van der Waals surface area contributed by atoms with Crippen LogP contribution in [0.25, 0.3) is 0 Å². The van der Waals surface area contributed by atoms with Crippen molar-refractivity contribution < 1.29 is 14.3 Å². The number of amides is 1. The largest absolute Gasteiger partial charge is 0.493 e. The van der Waals surface area contributed by atoms with Crippen LogP contribution in [0.2, 0.25) is 0 Å². The summed E-state index contributed by atoms with van der Waals surface area (Å²) in [6.45, 7) is 2.61. The van der Waals surface area contributed by atoms with Crippen molar-refractivity contribution in [3.05, 3.63) is 53.1 Å². The molecule has 1 saturated carbocycles. The molecule has 2 aromatic rings. The zero-order valence-corrected chi connectivity index (χ0v) is 14.7. The normalized spacial score (nSPS) is 17.0. The van der Waals surface area contributed by atoms with Crippen LogP contribution in [0.5, 0.6) is 11.5 Å². The Morgan fingerprint density at radius 3 is 2.60 bits per heavy atom. The summed E-state index contributed by atoms with van der Waals surface area (Å²) in [5.41, 5.74) is 3.83. The lowest BCUT2D eigenvalue weighted by Gasteiger charge is -2.20. The molecule has 1 heterocycles. The number of aryl methyl sites for hydroxylation is 1. The van der Waals surface area contributed by atoms with E-state index in [-0.39, 0.29) is 12.0 Å². The Morgan fingerprint density at radius 1 is 1.04 bits per heavy atom. The van der Waals surface area contributed by atoms with Crippen molar-refractivity contribution >= 4 is 11.6 Å². The lowest BCUT2D eigenvalue weighted by atomic mass is 10.1. The van der Waals surface area contributed by atoms with Crippen LogP contribution in [-0.2, 0) is 6.54 Å². The van der Waals surface area contributed by atoms with Gasteiger partial charge in [-0.05, 0) is 56.4 Å². The summed E-state index contributed by atoms with van der Waals surface area (Å²) < 4.78 is 11.6. The van der Waals surface area contributed by atoms with E-state index >= 15 is 0 Å². The molecular weight excluding hydrogens is 314 g/mol. The topological polar surface area (TPSA) is 38.8 Å². The Bertz CT molecular complexity index is 809. The first-order valence-corrected chi connectivity index (χ1v) is 8.92. The molecule has 0 unspecified atom stereocenters. The van der Waals surface area contributed by atoms with Crippen molar-refractivity contribution in [2.45, 2.75) is 45.3 Å². The van der Waals surface area contributed by atoms with E-state index < -0.39 is 0 Å². The van der Waals surface area contributed by atoms with E-state index in [4.69, 9.17) is 9.47 Å². The van der Waals surface area contributed by atoms with Crippen LogP contribution in [0.15, 0.2) is 36.4 Å². The Hall–Kier alpha value is -2.49.